The molecule has 0 atom stereocenters. The van der Waals surface area contributed by atoms with Gasteiger partial charge in [-0.15, -0.1) is 0 Å². The van der Waals surface area contributed by atoms with Crippen LogP contribution in [-0.4, -0.2) is 0 Å². The van der Waals surface area contributed by atoms with E-state index in [4.69, 9.17) is 0 Å². The van der Waals surface area contributed by atoms with Crippen molar-refractivity contribution in [3.63, 3.8) is 0 Å². The summed E-state index contributed by atoms with van der Waals surface area (Å²) in [7, 11) is 2.16. The van der Waals surface area contributed by atoms with Crippen LogP contribution < -0.4 is 4.57 Å². The van der Waals surface area contributed by atoms with E-state index in [1.165, 1.54) is 44.3 Å². The summed E-state index contributed by atoms with van der Waals surface area (Å²) in [4.78, 5) is 0. The molecule has 2 aromatic carbocycles. The fourth-order valence-corrected chi connectivity index (χ4v) is 4.02. The van der Waals surface area contributed by atoms with Gasteiger partial charge in [0.25, 0.3) is 0 Å². The summed E-state index contributed by atoms with van der Waals surface area (Å²) in [5, 5.41) is 2.66. The third-order valence-electron chi connectivity index (χ3n) is 5.72. The number of pyridine rings is 1. The number of aromatic nitrogens is 1. The predicted molar refractivity (Wildman–Crippen MR) is 122 cm³/mol. The second-order valence-electron chi connectivity index (χ2n) is 10.6. The van der Waals surface area contributed by atoms with E-state index >= 15 is 0 Å². The molecule has 0 saturated heterocycles. The summed E-state index contributed by atoms with van der Waals surface area (Å²) in [6.45, 7) is 18.3. The van der Waals surface area contributed by atoms with Gasteiger partial charge in [0.2, 0.25) is 5.69 Å². The number of hydrogen-bond donors (Lipinski definition) is 0. The van der Waals surface area contributed by atoms with Crippen LogP contribution in [0, 0.1) is 19.3 Å². The summed E-state index contributed by atoms with van der Waals surface area (Å²) in [6, 6.07) is 14.0. The first-order chi connectivity index (χ1) is 12.9. The van der Waals surface area contributed by atoms with Crippen molar-refractivity contribution in [2.24, 2.45) is 12.5 Å². The van der Waals surface area contributed by atoms with Crippen molar-refractivity contribution < 1.29 is 4.57 Å². The fourth-order valence-electron chi connectivity index (χ4n) is 4.02. The van der Waals surface area contributed by atoms with Crippen LogP contribution in [0.5, 0.6) is 0 Å². The predicted octanol–water partition coefficient (Wildman–Crippen LogP) is 6.83. The highest BCUT2D eigenvalue weighted by Gasteiger charge is 2.23. The van der Waals surface area contributed by atoms with Gasteiger partial charge in [-0.05, 0) is 70.9 Å². The van der Waals surface area contributed by atoms with Crippen LogP contribution in [0.4, 0.5) is 0 Å². The van der Waals surface area contributed by atoms with E-state index in [2.05, 4.69) is 110 Å². The Morgan fingerprint density at radius 1 is 0.857 bits per heavy atom. The Bertz CT molecular complexity index is 1030. The van der Waals surface area contributed by atoms with Crippen LogP contribution in [0.1, 0.15) is 63.8 Å². The molecule has 148 valence electrons. The Labute approximate surface area is 171 Å². The van der Waals surface area contributed by atoms with Gasteiger partial charge in [-0.25, -0.2) is 4.57 Å². The Balaban J connectivity index is 2.26. The van der Waals surface area contributed by atoms with Crippen molar-refractivity contribution in [3.05, 3.63) is 64.8 Å². The highest BCUT2D eigenvalue weighted by molar-refractivity contribution is 5.94. The maximum absolute atomic E-state index is 2.40. The number of aryl methyl sites for hydroxylation is 2. The van der Waals surface area contributed by atoms with Crippen molar-refractivity contribution in [3.8, 4) is 11.3 Å². The van der Waals surface area contributed by atoms with Crippen LogP contribution in [-0.2, 0) is 18.9 Å². The van der Waals surface area contributed by atoms with Gasteiger partial charge in [0.15, 0.2) is 6.20 Å². The molecule has 0 radical (unpaired) electrons. The van der Waals surface area contributed by atoms with E-state index in [1.807, 2.05) is 0 Å². The van der Waals surface area contributed by atoms with Gasteiger partial charge in [0.05, 0.1) is 10.9 Å². The van der Waals surface area contributed by atoms with Gasteiger partial charge in [-0.1, -0.05) is 59.7 Å². The standard InChI is InChI=1S/C27H36N/c1-18-14-22(27(6,7)8)16-24(19(18)2)25-23-11-10-20(17-26(3,4)5)15-21(23)12-13-28(25)9/h10-16H,17H2,1-9H3/q+1. The molecule has 1 heteroatoms. The zero-order valence-electron chi connectivity index (χ0n) is 19.2. The summed E-state index contributed by atoms with van der Waals surface area (Å²) < 4.78 is 2.28. The number of benzene rings is 2. The molecule has 0 aliphatic rings. The number of nitrogens with zero attached hydrogens (tertiary/aromatic N) is 1. The lowest BCUT2D eigenvalue weighted by molar-refractivity contribution is -0.659. The van der Waals surface area contributed by atoms with Crippen molar-refractivity contribution in [2.75, 3.05) is 0 Å². The summed E-state index contributed by atoms with van der Waals surface area (Å²) in [5.74, 6) is 0. The van der Waals surface area contributed by atoms with Crippen molar-refractivity contribution in [1.82, 2.24) is 0 Å². The Morgan fingerprint density at radius 3 is 2.14 bits per heavy atom. The van der Waals surface area contributed by atoms with E-state index in [0.29, 0.717) is 5.41 Å². The van der Waals surface area contributed by atoms with Crippen LogP contribution in [0.3, 0.4) is 0 Å². The Morgan fingerprint density at radius 2 is 1.54 bits per heavy atom. The number of rotatable bonds is 2. The molecule has 0 aliphatic heterocycles. The lowest BCUT2D eigenvalue weighted by atomic mass is 9.82. The zero-order chi connectivity index (χ0) is 20.9. The monoisotopic (exact) mass is 374 g/mol. The molecule has 0 fully saturated rings. The topological polar surface area (TPSA) is 3.88 Å². The van der Waals surface area contributed by atoms with E-state index in [1.54, 1.807) is 0 Å². The molecule has 0 aliphatic carbocycles. The third kappa shape index (κ3) is 4.14. The minimum Gasteiger partial charge on any atom is -0.200 e. The number of hydrogen-bond acceptors (Lipinski definition) is 0. The maximum Gasteiger partial charge on any atom is 0.220 e. The first kappa shape index (κ1) is 20.6. The normalized spacial score (nSPS) is 12.6. The first-order valence-electron chi connectivity index (χ1n) is 10.4. The van der Waals surface area contributed by atoms with Crippen LogP contribution >= 0.6 is 0 Å². The van der Waals surface area contributed by atoms with E-state index in [0.717, 1.165) is 6.42 Å². The molecule has 0 saturated carbocycles. The summed E-state index contributed by atoms with van der Waals surface area (Å²) >= 11 is 0. The molecule has 0 amide bonds. The zero-order valence-corrected chi connectivity index (χ0v) is 19.2. The lowest BCUT2D eigenvalue weighted by Gasteiger charge is -2.22. The Hall–Kier alpha value is -2.15. The first-order valence-corrected chi connectivity index (χ1v) is 10.4. The Kier molecular flexibility index (Phi) is 5.17. The van der Waals surface area contributed by atoms with Crippen molar-refractivity contribution in [2.45, 2.75) is 67.2 Å². The molecule has 1 heterocycles. The van der Waals surface area contributed by atoms with E-state index in [9.17, 15) is 0 Å². The molecule has 1 aromatic heterocycles. The summed E-state index contributed by atoms with van der Waals surface area (Å²) in [5.41, 5.74) is 8.64. The average molecular weight is 375 g/mol. The minimum absolute atomic E-state index is 0.135. The molecule has 3 rings (SSSR count). The molecule has 0 bridgehead atoms. The number of fused-ring (bicyclic) bond motifs is 1. The fraction of sp³-hybridized carbons (Fsp3) is 0.444. The molecule has 3 aromatic rings. The smallest absolute Gasteiger partial charge is 0.200 e. The van der Waals surface area contributed by atoms with Gasteiger partial charge in [-0.2, -0.15) is 0 Å². The highest BCUT2D eigenvalue weighted by Crippen LogP contribution is 2.34. The largest absolute Gasteiger partial charge is 0.220 e. The molecule has 28 heavy (non-hydrogen) atoms. The van der Waals surface area contributed by atoms with Crippen molar-refractivity contribution >= 4 is 10.8 Å². The van der Waals surface area contributed by atoms with Crippen LogP contribution in [0.2, 0.25) is 0 Å². The third-order valence-corrected chi connectivity index (χ3v) is 5.72. The molecule has 0 spiro atoms. The molecular formula is C27H36N+. The van der Waals surface area contributed by atoms with Gasteiger partial charge in [0.1, 0.15) is 7.05 Å². The second-order valence-corrected chi connectivity index (χ2v) is 10.6. The molecule has 0 unspecified atom stereocenters. The lowest BCUT2D eigenvalue weighted by Crippen LogP contribution is -2.31. The van der Waals surface area contributed by atoms with Gasteiger partial charge in [-0.3, -0.25) is 0 Å². The highest BCUT2D eigenvalue weighted by atomic mass is 14.9. The minimum atomic E-state index is 0.135. The molecule has 1 nitrogen and oxygen atoms in total. The maximum atomic E-state index is 2.40. The van der Waals surface area contributed by atoms with E-state index in [-0.39, 0.29) is 5.41 Å². The van der Waals surface area contributed by atoms with Gasteiger partial charge < -0.3 is 0 Å². The second kappa shape index (κ2) is 7.03. The molecule has 0 N–H and O–H groups in total. The average Bonchev–Trinajstić information content (AvgIpc) is 2.55. The van der Waals surface area contributed by atoms with E-state index < -0.39 is 0 Å². The van der Waals surface area contributed by atoms with Gasteiger partial charge >= 0.3 is 0 Å². The SMILES string of the molecule is Cc1cc(C(C)(C)C)cc(-c2c3ccc(CC(C)(C)C)cc3cc[n+]2C)c1C. The molecular weight excluding hydrogens is 338 g/mol. The summed E-state index contributed by atoms with van der Waals surface area (Å²) in [6.07, 6.45) is 3.30. The quantitative estimate of drug-likeness (QED) is 0.433. The van der Waals surface area contributed by atoms with Crippen molar-refractivity contribution in [1.29, 1.82) is 0 Å². The van der Waals surface area contributed by atoms with Crippen LogP contribution in [0.15, 0.2) is 42.6 Å². The van der Waals surface area contributed by atoms with Crippen LogP contribution in [0.25, 0.3) is 22.0 Å². The van der Waals surface area contributed by atoms with Gasteiger partial charge in [0, 0.05) is 6.07 Å².